The summed E-state index contributed by atoms with van der Waals surface area (Å²) in [5.41, 5.74) is -0.00149. The first kappa shape index (κ1) is 40.5. The molecule has 2 atom stereocenters. The number of fused-ring (bicyclic) bond motifs is 3. The van der Waals surface area contributed by atoms with E-state index in [1.807, 2.05) is 12.2 Å². The van der Waals surface area contributed by atoms with E-state index in [9.17, 15) is 0 Å². The summed E-state index contributed by atoms with van der Waals surface area (Å²) in [6.45, 7) is 29.1. The lowest BCUT2D eigenvalue weighted by molar-refractivity contribution is -0.467. The fraction of sp³-hybridized carbons (Fsp3) is 0.692. The van der Waals surface area contributed by atoms with Crippen LogP contribution < -0.4 is 0 Å². The number of ether oxygens (including phenoxy) is 3. The molecule has 0 saturated carbocycles. The average molecular weight is 669 g/mol. The Labute approximate surface area is 284 Å². The summed E-state index contributed by atoms with van der Waals surface area (Å²) in [5.74, 6) is 12.2. The Morgan fingerprint density at radius 3 is 1.57 bits per heavy atom. The first-order valence-electron chi connectivity index (χ1n) is 17.2. The largest absolute Gasteiger partial charge is 0.403 e. The standard InChI is InChI=1S/C39H64O5Si2/c1-13-14-21-26-34(43-45(9,10)36(2,3)4)28-23-18-19-24-29-35(44-46(11,12)37(5,6)7)27-22-17-15-16-20-25-30-39-40-31-38(8,32-41-39)33-42-39/h14,16-22,34-35H,13,15,25-27,30-33H2,1-12H3/b19-18-,20-16-,21-14-,22-17-/t34-,35-,38?,39?/m0/s1. The molecule has 0 amide bonds. The van der Waals surface area contributed by atoms with E-state index >= 15 is 0 Å². The van der Waals surface area contributed by atoms with Crippen LogP contribution in [0.5, 0.6) is 0 Å². The highest BCUT2D eigenvalue weighted by molar-refractivity contribution is 6.74. The fourth-order valence-electron chi connectivity index (χ4n) is 4.28. The summed E-state index contributed by atoms with van der Waals surface area (Å²) in [6, 6.07) is 0. The van der Waals surface area contributed by atoms with Crippen LogP contribution in [0.2, 0.25) is 36.3 Å². The molecule has 0 aliphatic carbocycles. The van der Waals surface area contributed by atoms with E-state index < -0.39 is 22.6 Å². The summed E-state index contributed by atoms with van der Waals surface area (Å²) in [7, 11) is -3.91. The van der Waals surface area contributed by atoms with E-state index in [0.717, 1.165) is 32.1 Å². The predicted molar refractivity (Wildman–Crippen MR) is 198 cm³/mol. The molecule has 46 heavy (non-hydrogen) atoms. The lowest BCUT2D eigenvalue weighted by atomic mass is 9.91. The second kappa shape index (κ2) is 17.6. The maximum atomic E-state index is 6.70. The van der Waals surface area contributed by atoms with Gasteiger partial charge in [0.1, 0.15) is 12.2 Å². The Bertz CT molecular complexity index is 1170. The van der Waals surface area contributed by atoms with Crippen LogP contribution in [0.25, 0.3) is 0 Å². The number of hydrogen-bond acceptors (Lipinski definition) is 5. The molecule has 0 unspecified atom stereocenters. The molecule has 0 aromatic rings. The van der Waals surface area contributed by atoms with Gasteiger partial charge in [-0.25, -0.2) is 0 Å². The molecule has 0 aromatic heterocycles. The van der Waals surface area contributed by atoms with Crippen LogP contribution in [0, 0.1) is 29.1 Å². The van der Waals surface area contributed by atoms with Crippen LogP contribution in [0.4, 0.5) is 0 Å². The monoisotopic (exact) mass is 668 g/mol. The Morgan fingerprint density at radius 1 is 0.696 bits per heavy atom. The molecule has 0 N–H and O–H groups in total. The lowest BCUT2D eigenvalue weighted by Crippen LogP contribution is -2.58. The lowest BCUT2D eigenvalue weighted by Gasteiger charge is -2.50. The van der Waals surface area contributed by atoms with E-state index in [2.05, 4.69) is 142 Å². The maximum Gasteiger partial charge on any atom is 0.283 e. The van der Waals surface area contributed by atoms with Gasteiger partial charge in [-0.05, 0) is 67.7 Å². The molecule has 3 fully saturated rings. The maximum absolute atomic E-state index is 6.70. The molecule has 3 aliphatic heterocycles. The summed E-state index contributed by atoms with van der Waals surface area (Å²) in [6.07, 6.45) is 21.5. The van der Waals surface area contributed by atoms with Crippen LogP contribution in [-0.2, 0) is 23.1 Å². The zero-order chi connectivity index (χ0) is 34.5. The third-order valence-electron chi connectivity index (χ3n) is 9.47. The number of allylic oxidation sites excluding steroid dienone is 6. The molecule has 0 spiro atoms. The van der Waals surface area contributed by atoms with E-state index in [1.165, 1.54) is 0 Å². The zero-order valence-corrected chi connectivity index (χ0v) is 33.2. The molecule has 0 radical (unpaired) electrons. The smallest absolute Gasteiger partial charge is 0.283 e. The molecule has 3 rings (SSSR count). The summed E-state index contributed by atoms with van der Waals surface area (Å²) >= 11 is 0. The fourth-order valence-corrected chi connectivity index (χ4v) is 6.72. The topological polar surface area (TPSA) is 46.2 Å². The van der Waals surface area contributed by atoms with E-state index in [-0.39, 0.29) is 27.7 Å². The third-order valence-corrected chi connectivity index (χ3v) is 18.4. The SMILES string of the molecule is CC/C=C\C[C@@H](C#C/C=C\C#C[C@H](C/C=C\C/C=C\CCC12OCC(C)(CO1)CO2)O[Si](C)(C)C(C)(C)C)O[Si](C)(C)C(C)(C)C. The van der Waals surface area contributed by atoms with E-state index in [0.29, 0.717) is 26.2 Å². The zero-order valence-electron chi connectivity index (χ0n) is 31.2. The van der Waals surface area contributed by atoms with E-state index in [1.54, 1.807) is 0 Å². The highest BCUT2D eigenvalue weighted by atomic mass is 28.4. The van der Waals surface area contributed by atoms with Crippen LogP contribution in [0.1, 0.15) is 93.9 Å². The molecular formula is C39H64O5Si2. The highest BCUT2D eigenvalue weighted by Gasteiger charge is 2.49. The first-order chi connectivity index (χ1) is 21.3. The van der Waals surface area contributed by atoms with Gasteiger partial charge in [0.15, 0.2) is 16.6 Å². The molecule has 0 aromatic carbocycles. The van der Waals surface area contributed by atoms with Gasteiger partial charge in [-0.1, -0.05) is 116 Å². The van der Waals surface area contributed by atoms with Crippen molar-refractivity contribution in [2.45, 2.75) is 148 Å². The minimum absolute atomic E-state index is 0.00149. The molecule has 3 aliphatic rings. The van der Waals surface area contributed by atoms with Gasteiger partial charge in [0.2, 0.25) is 0 Å². The minimum Gasteiger partial charge on any atom is -0.403 e. The Morgan fingerprint density at radius 2 is 1.13 bits per heavy atom. The summed E-state index contributed by atoms with van der Waals surface area (Å²) < 4.78 is 30.9. The van der Waals surface area contributed by atoms with Crippen molar-refractivity contribution < 1.29 is 23.1 Å². The van der Waals surface area contributed by atoms with E-state index in [4.69, 9.17) is 23.1 Å². The van der Waals surface area contributed by atoms with Gasteiger partial charge >= 0.3 is 0 Å². The van der Waals surface area contributed by atoms with Crippen LogP contribution >= 0.6 is 0 Å². The number of rotatable bonds is 14. The average Bonchev–Trinajstić information content (AvgIpc) is 2.95. The molecule has 7 heteroatoms. The number of hydrogen-bond donors (Lipinski definition) is 0. The van der Waals surface area contributed by atoms with Crippen LogP contribution in [0.15, 0.2) is 48.6 Å². The second-order valence-corrected chi connectivity index (χ2v) is 25.6. The van der Waals surface area contributed by atoms with Crippen molar-refractivity contribution in [3.05, 3.63) is 48.6 Å². The highest BCUT2D eigenvalue weighted by Crippen LogP contribution is 2.41. The Kier molecular flexibility index (Phi) is 15.5. The van der Waals surface area contributed by atoms with Crippen LogP contribution in [0.3, 0.4) is 0 Å². The molecular weight excluding hydrogens is 605 g/mol. The van der Waals surface area contributed by atoms with Gasteiger partial charge in [0.05, 0.1) is 19.8 Å². The van der Waals surface area contributed by atoms with Crippen molar-refractivity contribution in [3.8, 4) is 23.7 Å². The summed E-state index contributed by atoms with van der Waals surface area (Å²) in [4.78, 5) is 0. The minimum atomic E-state index is -1.98. The normalized spacial score (nSPS) is 24.0. The molecule has 5 nitrogen and oxygen atoms in total. The quantitative estimate of drug-likeness (QED) is 0.105. The van der Waals surface area contributed by atoms with Crippen molar-refractivity contribution >= 4 is 16.6 Å². The van der Waals surface area contributed by atoms with Crippen LogP contribution in [-0.4, -0.2) is 54.6 Å². The van der Waals surface area contributed by atoms with Gasteiger partial charge in [-0.2, -0.15) is 0 Å². The Hall–Kier alpha value is -1.69. The molecule has 2 bridgehead atoms. The first-order valence-corrected chi connectivity index (χ1v) is 23.0. The van der Waals surface area contributed by atoms with Crippen molar-refractivity contribution in [2.24, 2.45) is 5.41 Å². The van der Waals surface area contributed by atoms with Gasteiger partial charge in [-0.3, -0.25) is 0 Å². The van der Waals surface area contributed by atoms with Gasteiger partial charge < -0.3 is 23.1 Å². The predicted octanol–water partition coefficient (Wildman–Crippen LogP) is 10.1. The molecule has 258 valence electrons. The molecule has 3 saturated heterocycles. The van der Waals surface area contributed by atoms with Gasteiger partial charge in [0, 0.05) is 24.7 Å². The van der Waals surface area contributed by atoms with Crippen molar-refractivity contribution in [1.29, 1.82) is 0 Å². The summed E-state index contributed by atoms with van der Waals surface area (Å²) in [5, 5.41) is 0.248. The third kappa shape index (κ3) is 13.4. The Balaban J connectivity index is 1.98. The molecule has 3 heterocycles. The van der Waals surface area contributed by atoms with Crippen molar-refractivity contribution in [1.82, 2.24) is 0 Å². The van der Waals surface area contributed by atoms with Gasteiger partial charge in [0.25, 0.3) is 5.97 Å². The second-order valence-electron chi connectivity index (χ2n) is 16.1. The van der Waals surface area contributed by atoms with Crippen molar-refractivity contribution in [2.75, 3.05) is 19.8 Å². The van der Waals surface area contributed by atoms with Crippen molar-refractivity contribution in [3.63, 3.8) is 0 Å². The van der Waals surface area contributed by atoms with Gasteiger partial charge in [-0.15, -0.1) is 0 Å².